The fraction of sp³-hybridized carbons (Fsp3) is 1.00. The molecule has 0 unspecified atom stereocenters. The molecule has 2 rings (SSSR count). The molecule has 1 heteroatoms. The van der Waals surface area contributed by atoms with Gasteiger partial charge in [0, 0.05) is 5.54 Å². The van der Waals surface area contributed by atoms with E-state index in [1.807, 2.05) is 0 Å². The normalized spacial score (nSPS) is 41.2. The maximum atomic E-state index is 3.62. The summed E-state index contributed by atoms with van der Waals surface area (Å²) in [6, 6.07) is 0. The molecule has 1 saturated carbocycles. The van der Waals surface area contributed by atoms with Crippen LogP contribution in [0.5, 0.6) is 0 Å². The maximum absolute atomic E-state index is 3.62. The van der Waals surface area contributed by atoms with Gasteiger partial charge in [0.15, 0.2) is 0 Å². The summed E-state index contributed by atoms with van der Waals surface area (Å²) in [7, 11) is 0. The quantitative estimate of drug-likeness (QED) is 0.667. The highest BCUT2D eigenvalue weighted by atomic mass is 15.0. The monoisotopic (exact) mass is 167 g/mol. The van der Waals surface area contributed by atoms with Crippen molar-refractivity contribution in [1.29, 1.82) is 0 Å². The maximum Gasteiger partial charge on any atom is 0.0193 e. The largest absolute Gasteiger partial charge is 0.311 e. The molecule has 0 atom stereocenters. The summed E-state index contributed by atoms with van der Waals surface area (Å²) in [6.45, 7) is 3.59. The summed E-state index contributed by atoms with van der Waals surface area (Å²) in [5.74, 6) is 1.06. The lowest BCUT2D eigenvalue weighted by Gasteiger charge is -2.48. The van der Waals surface area contributed by atoms with Crippen molar-refractivity contribution >= 4 is 0 Å². The number of hydrogen-bond donors (Lipinski definition) is 1. The van der Waals surface area contributed by atoms with E-state index in [0.29, 0.717) is 5.54 Å². The molecule has 1 nitrogen and oxygen atoms in total. The van der Waals surface area contributed by atoms with E-state index in [0.717, 1.165) is 5.92 Å². The van der Waals surface area contributed by atoms with E-state index in [2.05, 4.69) is 12.2 Å². The third-order valence-electron chi connectivity index (χ3n) is 3.86. The topological polar surface area (TPSA) is 12.0 Å². The Labute approximate surface area is 75.9 Å². The zero-order valence-corrected chi connectivity index (χ0v) is 8.23. The average molecular weight is 167 g/mol. The molecule has 0 aromatic rings. The number of rotatable bonds is 2. The lowest BCUT2D eigenvalue weighted by molar-refractivity contribution is 0.114. The molecule has 2 fully saturated rings. The van der Waals surface area contributed by atoms with Crippen LogP contribution in [-0.4, -0.2) is 12.1 Å². The SMILES string of the molecule is CCCC1CCC2(CCN2)CC1. The third-order valence-corrected chi connectivity index (χ3v) is 3.86. The van der Waals surface area contributed by atoms with Crippen LogP contribution >= 0.6 is 0 Å². The molecule has 1 heterocycles. The van der Waals surface area contributed by atoms with Crippen molar-refractivity contribution in [3.05, 3.63) is 0 Å². The van der Waals surface area contributed by atoms with Crippen molar-refractivity contribution in [3.63, 3.8) is 0 Å². The van der Waals surface area contributed by atoms with Gasteiger partial charge < -0.3 is 5.32 Å². The molecule has 2 aliphatic rings. The second-order valence-electron chi connectivity index (χ2n) is 4.69. The van der Waals surface area contributed by atoms with E-state index < -0.39 is 0 Å². The van der Waals surface area contributed by atoms with Crippen LogP contribution < -0.4 is 5.32 Å². The highest BCUT2D eigenvalue weighted by molar-refractivity contribution is 4.99. The Morgan fingerprint density at radius 1 is 1.25 bits per heavy atom. The molecule has 0 bridgehead atoms. The summed E-state index contributed by atoms with van der Waals surface area (Å²) in [5, 5.41) is 3.62. The lowest BCUT2D eigenvalue weighted by atomic mass is 9.70. The third kappa shape index (κ3) is 1.52. The van der Waals surface area contributed by atoms with Crippen LogP contribution in [0.4, 0.5) is 0 Å². The van der Waals surface area contributed by atoms with Crippen LogP contribution in [0.2, 0.25) is 0 Å². The van der Waals surface area contributed by atoms with Gasteiger partial charge in [-0.05, 0) is 44.6 Å². The molecule has 12 heavy (non-hydrogen) atoms. The minimum atomic E-state index is 0.629. The number of hydrogen-bond acceptors (Lipinski definition) is 1. The van der Waals surface area contributed by atoms with Crippen LogP contribution in [-0.2, 0) is 0 Å². The van der Waals surface area contributed by atoms with Gasteiger partial charge in [-0.25, -0.2) is 0 Å². The predicted octanol–water partition coefficient (Wildman–Crippen LogP) is 2.71. The first kappa shape index (κ1) is 8.55. The zero-order valence-electron chi connectivity index (χ0n) is 8.23. The van der Waals surface area contributed by atoms with E-state index in [4.69, 9.17) is 0 Å². The van der Waals surface area contributed by atoms with Crippen LogP contribution in [0.15, 0.2) is 0 Å². The molecule has 0 amide bonds. The minimum Gasteiger partial charge on any atom is -0.311 e. The highest BCUT2D eigenvalue weighted by Gasteiger charge is 2.39. The standard InChI is InChI=1S/C11H21N/c1-2-3-10-4-6-11(7-5-10)8-9-12-11/h10,12H,2-9H2,1H3. The van der Waals surface area contributed by atoms with E-state index in [9.17, 15) is 0 Å². The summed E-state index contributed by atoms with van der Waals surface area (Å²) >= 11 is 0. The van der Waals surface area contributed by atoms with Crippen molar-refractivity contribution in [2.45, 2.75) is 57.4 Å². The van der Waals surface area contributed by atoms with Crippen molar-refractivity contribution < 1.29 is 0 Å². The summed E-state index contributed by atoms with van der Waals surface area (Å²) in [5.41, 5.74) is 0.629. The molecular weight excluding hydrogens is 146 g/mol. The van der Waals surface area contributed by atoms with Crippen LogP contribution in [0.3, 0.4) is 0 Å². The second-order valence-corrected chi connectivity index (χ2v) is 4.69. The van der Waals surface area contributed by atoms with E-state index >= 15 is 0 Å². The van der Waals surface area contributed by atoms with Crippen molar-refractivity contribution in [2.75, 3.05) is 6.54 Å². The van der Waals surface area contributed by atoms with Gasteiger partial charge in [-0.15, -0.1) is 0 Å². The summed E-state index contributed by atoms with van der Waals surface area (Å²) < 4.78 is 0. The van der Waals surface area contributed by atoms with Crippen LogP contribution in [0.25, 0.3) is 0 Å². The molecule has 70 valence electrons. The Bertz CT molecular complexity index is 139. The number of nitrogens with one attached hydrogen (secondary N) is 1. The second kappa shape index (κ2) is 3.37. The Kier molecular flexibility index (Phi) is 2.40. The van der Waals surface area contributed by atoms with Crippen LogP contribution in [0.1, 0.15) is 51.9 Å². The van der Waals surface area contributed by atoms with Gasteiger partial charge >= 0.3 is 0 Å². The van der Waals surface area contributed by atoms with E-state index in [1.54, 1.807) is 0 Å². The minimum absolute atomic E-state index is 0.629. The van der Waals surface area contributed by atoms with Crippen molar-refractivity contribution in [2.24, 2.45) is 5.92 Å². The summed E-state index contributed by atoms with van der Waals surface area (Å²) in [4.78, 5) is 0. The first-order chi connectivity index (χ1) is 5.85. The lowest BCUT2D eigenvalue weighted by Crippen LogP contribution is -2.58. The van der Waals surface area contributed by atoms with Gasteiger partial charge in [-0.2, -0.15) is 0 Å². The van der Waals surface area contributed by atoms with Crippen LogP contribution in [0, 0.1) is 5.92 Å². The van der Waals surface area contributed by atoms with Gasteiger partial charge in [0.2, 0.25) is 0 Å². The smallest absolute Gasteiger partial charge is 0.0193 e. The molecule has 0 aromatic heterocycles. The zero-order chi connectivity index (χ0) is 8.44. The molecule has 1 aliphatic carbocycles. The van der Waals surface area contributed by atoms with Gasteiger partial charge in [-0.3, -0.25) is 0 Å². The van der Waals surface area contributed by atoms with Gasteiger partial charge in [0.1, 0.15) is 0 Å². The van der Waals surface area contributed by atoms with E-state index in [1.165, 1.54) is 51.5 Å². The fourth-order valence-electron chi connectivity index (χ4n) is 2.83. The molecule has 1 saturated heterocycles. The molecule has 0 radical (unpaired) electrons. The molecule has 1 spiro atoms. The summed E-state index contributed by atoms with van der Waals surface area (Å²) in [6.07, 6.45) is 10.2. The molecule has 1 aliphatic heterocycles. The molecule has 1 N–H and O–H groups in total. The first-order valence-electron chi connectivity index (χ1n) is 5.60. The van der Waals surface area contributed by atoms with E-state index in [-0.39, 0.29) is 0 Å². The van der Waals surface area contributed by atoms with Gasteiger partial charge in [0.05, 0.1) is 0 Å². The highest BCUT2D eigenvalue weighted by Crippen LogP contribution is 2.39. The fourth-order valence-corrected chi connectivity index (χ4v) is 2.83. The van der Waals surface area contributed by atoms with Gasteiger partial charge in [-0.1, -0.05) is 19.8 Å². The Hall–Kier alpha value is -0.0400. The Morgan fingerprint density at radius 2 is 1.92 bits per heavy atom. The molecular formula is C11H21N. The average Bonchev–Trinajstić information content (AvgIpc) is 2.04. The molecule has 0 aromatic carbocycles. The Morgan fingerprint density at radius 3 is 2.33 bits per heavy atom. The van der Waals surface area contributed by atoms with Crippen molar-refractivity contribution in [3.8, 4) is 0 Å². The first-order valence-corrected chi connectivity index (χ1v) is 5.60. The predicted molar refractivity (Wildman–Crippen MR) is 52.2 cm³/mol. The Balaban J connectivity index is 1.77. The van der Waals surface area contributed by atoms with Gasteiger partial charge in [0.25, 0.3) is 0 Å². The van der Waals surface area contributed by atoms with Crippen molar-refractivity contribution in [1.82, 2.24) is 5.32 Å².